The lowest BCUT2D eigenvalue weighted by Crippen LogP contribution is -2.32. The van der Waals surface area contributed by atoms with E-state index in [0.717, 1.165) is 12.1 Å². The molecule has 0 spiro atoms. The first-order valence-electron chi connectivity index (χ1n) is 6.18. The molecule has 0 radical (unpaired) electrons. The van der Waals surface area contributed by atoms with Gasteiger partial charge in [-0.25, -0.2) is 17.6 Å². The van der Waals surface area contributed by atoms with Crippen LogP contribution in [0.2, 0.25) is 0 Å². The van der Waals surface area contributed by atoms with Crippen molar-refractivity contribution in [3.63, 3.8) is 0 Å². The molecule has 1 aliphatic rings. The summed E-state index contributed by atoms with van der Waals surface area (Å²) in [5.41, 5.74) is -0.641. The Morgan fingerprint density at radius 1 is 1.43 bits per heavy atom. The van der Waals surface area contributed by atoms with Crippen LogP contribution in [0.3, 0.4) is 0 Å². The highest BCUT2D eigenvalue weighted by Crippen LogP contribution is 2.28. The fraction of sp³-hybridized carbons (Fsp3) is 0.385. The summed E-state index contributed by atoms with van der Waals surface area (Å²) in [6.45, 7) is 1.54. The molecule has 1 amide bonds. The van der Waals surface area contributed by atoms with Crippen LogP contribution in [0.15, 0.2) is 17.0 Å². The van der Waals surface area contributed by atoms with Gasteiger partial charge in [-0.2, -0.15) is 0 Å². The number of rotatable bonds is 3. The van der Waals surface area contributed by atoms with Gasteiger partial charge in [-0.15, -0.1) is 0 Å². The van der Waals surface area contributed by atoms with Crippen LogP contribution in [-0.2, 0) is 14.6 Å². The van der Waals surface area contributed by atoms with Crippen molar-refractivity contribution < 1.29 is 27.5 Å². The number of hydrogen-bond acceptors (Lipinski definition) is 4. The molecule has 6 nitrogen and oxygen atoms in total. The van der Waals surface area contributed by atoms with Crippen molar-refractivity contribution in [2.45, 2.75) is 23.5 Å². The van der Waals surface area contributed by atoms with Crippen molar-refractivity contribution in [3.8, 4) is 0 Å². The summed E-state index contributed by atoms with van der Waals surface area (Å²) in [6.07, 6.45) is 0.107. The molecular weight excluding hydrogens is 301 g/mol. The number of benzene rings is 1. The molecule has 1 aromatic rings. The Morgan fingerprint density at radius 2 is 2.05 bits per heavy atom. The van der Waals surface area contributed by atoms with Gasteiger partial charge >= 0.3 is 5.97 Å². The number of aromatic carboxylic acids is 1. The van der Waals surface area contributed by atoms with Gasteiger partial charge in [0.2, 0.25) is 5.91 Å². The molecule has 1 N–H and O–H groups in total. The van der Waals surface area contributed by atoms with E-state index in [2.05, 4.69) is 0 Å². The van der Waals surface area contributed by atoms with Gasteiger partial charge in [0, 0.05) is 19.2 Å². The molecule has 21 heavy (non-hydrogen) atoms. The second-order valence-electron chi connectivity index (χ2n) is 4.97. The van der Waals surface area contributed by atoms with Gasteiger partial charge < -0.3 is 10.0 Å². The fourth-order valence-corrected chi connectivity index (χ4v) is 4.29. The highest BCUT2D eigenvalue weighted by Gasteiger charge is 2.41. The number of amides is 1. The second-order valence-corrected chi connectivity index (χ2v) is 7.07. The van der Waals surface area contributed by atoms with Crippen LogP contribution in [-0.4, -0.2) is 49.1 Å². The number of hydrogen-bond donors (Lipinski definition) is 1. The fourth-order valence-electron chi connectivity index (χ4n) is 2.30. The molecule has 114 valence electrons. The lowest BCUT2D eigenvalue weighted by atomic mass is 10.1. The monoisotopic (exact) mass is 315 g/mol. The number of carbonyl (C=O) groups is 2. The Hall–Kier alpha value is -1.96. The molecule has 1 aliphatic heterocycles. The van der Waals surface area contributed by atoms with Crippen LogP contribution in [0.25, 0.3) is 0 Å². The summed E-state index contributed by atoms with van der Waals surface area (Å²) < 4.78 is 38.8. The van der Waals surface area contributed by atoms with Crippen LogP contribution in [0.4, 0.5) is 4.39 Å². The first kappa shape index (κ1) is 15.4. The van der Waals surface area contributed by atoms with Crippen LogP contribution in [0.5, 0.6) is 0 Å². The summed E-state index contributed by atoms with van der Waals surface area (Å²) >= 11 is 0. The third-order valence-electron chi connectivity index (χ3n) is 3.60. The number of likely N-dealkylation sites (tertiary alicyclic amines) is 1. The van der Waals surface area contributed by atoms with E-state index >= 15 is 0 Å². The largest absolute Gasteiger partial charge is 0.478 e. The first-order valence-corrected chi connectivity index (χ1v) is 7.73. The maximum absolute atomic E-state index is 13.8. The van der Waals surface area contributed by atoms with E-state index < -0.39 is 43.2 Å². The van der Waals surface area contributed by atoms with E-state index in [1.54, 1.807) is 0 Å². The smallest absolute Gasteiger partial charge is 0.335 e. The van der Waals surface area contributed by atoms with Crippen LogP contribution >= 0.6 is 0 Å². The minimum atomic E-state index is -4.12. The highest BCUT2D eigenvalue weighted by molar-refractivity contribution is 7.92. The molecule has 1 fully saturated rings. The molecule has 1 aromatic carbocycles. The summed E-state index contributed by atoms with van der Waals surface area (Å²) in [4.78, 5) is 23.7. The molecule has 1 heterocycles. The highest BCUT2D eigenvalue weighted by atomic mass is 32.2. The summed E-state index contributed by atoms with van der Waals surface area (Å²) in [6, 6.07) is 1.67. The molecule has 8 heteroatoms. The van der Waals surface area contributed by atoms with Crippen molar-refractivity contribution in [1.82, 2.24) is 4.90 Å². The summed E-state index contributed by atoms with van der Waals surface area (Å²) in [7, 11) is -2.64. The molecule has 1 unspecified atom stereocenters. The molecule has 0 aliphatic carbocycles. The van der Waals surface area contributed by atoms with Crippen molar-refractivity contribution in [1.29, 1.82) is 0 Å². The van der Waals surface area contributed by atoms with Crippen molar-refractivity contribution in [2.24, 2.45) is 0 Å². The quantitative estimate of drug-likeness (QED) is 0.892. The minimum absolute atomic E-state index is 0.107. The Morgan fingerprint density at radius 3 is 2.52 bits per heavy atom. The zero-order valence-corrected chi connectivity index (χ0v) is 12.3. The van der Waals surface area contributed by atoms with Gasteiger partial charge in [0.15, 0.2) is 9.84 Å². The molecular formula is C13H14FNO5S. The molecule has 0 saturated carbocycles. The maximum atomic E-state index is 13.8. The van der Waals surface area contributed by atoms with E-state index in [-0.39, 0.29) is 12.0 Å². The lowest BCUT2D eigenvalue weighted by Gasteiger charge is -2.14. The minimum Gasteiger partial charge on any atom is -0.478 e. The third kappa shape index (κ3) is 2.51. The SMILES string of the molecule is Cc1c(F)cc(C(=O)O)cc1S(=O)(=O)C1CCN(C)C1=O. The Kier molecular flexibility index (Phi) is 3.75. The standard InChI is InChI=1S/C13H14FNO5S/c1-7-9(14)5-8(13(17)18)6-11(7)21(19,20)10-3-4-15(2)12(10)16/h5-6,10H,3-4H2,1-2H3,(H,17,18). The molecule has 0 aromatic heterocycles. The van der Waals surface area contributed by atoms with Crippen molar-refractivity contribution in [3.05, 3.63) is 29.1 Å². The average Bonchev–Trinajstić information content (AvgIpc) is 2.73. The topological polar surface area (TPSA) is 91.8 Å². The molecule has 0 bridgehead atoms. The lowest BCUT2D eigenvalue weighted by molar-refractivity contribution is -0.126. The van der Waals surface area contributed by atoms with Gasteiger partial charge in [-0.3, -0.25) is 4.79 Å². The summed E-state index contributed by atoms with van der Waals surface area (Å²) in [5, 5.41) is 7.63. The first-order chi connectivity index (χ1) is 9.66. The number of carbonyl (C=O) groups excluding carboxylic acids is 1. The van der Waals surface area contributed by atoms with Gasteiger partial charge in [-0.1, -0.05) is 0 Å². The Balaban J connectivity index is 2.60. The molecule has 1 saturated heterocycles. The number of carboxylic acids is 1. The molecule has 2 rings (SSSR count). The Labute approximate surface area is 121 Å². The van der Waals surface area contributed by atoms with Crippen LogP contribution < -0.4 is 0 Å². The van der Waals surface area contributed by atoms with E-state index in [4.69, 9.17) is 5.11 Å². The number of nitrogens with zero attached hydrogens (tertiary/aromatic N) is 1. The van der Waals surface area contributed by atoms with E-state index in [9.17, 15) is 22.4 Å². The number of carboxylic acid groups (broad SMARTS) is 1. The van der Waals surface area contributed by atoms with Crippen LogP contribution in [0.1, 0.15) is 22.3 Å². The van der Waals surface area contributed by atoms with Gasteiger partial charge in [0.25, 0.3) is 0 Å². The van der Waals surface area contributed by atoms with Gasteiger partial charge in [0.1, 0.15) is 11.1 Å². The normalized spacial score (nSPS) is 19.1. The van der Waals surface area contributed by atoms with Crippen LogP contribution in [0, 0.1) is 12.7 Å². The van der Waals surface area contributed by atoms with E-state index in [1.807, 2.05) is 0 Å². The second kappa shape index (κ2) is 5.10. The average molecular weight is 315 g/mol. The predicted octanol–water partition coefficient (Wildman–Crippen LogP) is 0.837. The summed E-state index contributed by atoms with van der Waals surface area (Å²) in [5.74, 6) is -2.91. The maximum Gasteiger partial charge on any atom is 0.335 e. The zero-order chi connectivity index (χ0) is 15.9. The van der Waals surface area contributed by atoms with Gasteiger partial charge in [0.05, 0.1) is 10.5 Å². The predicted molar refractivity (Wildman–Crippen MR) is 71.3 cm³/mol. The zero-order valence-electron chi connectivity index (χ0n) is 11.5. The number of sulfone groups is 1. The molecule has 1 atom stereocenters. The van der Waals surface area contributed by atoms with Crippen molar-refractivity contribution in [2.75, 3.05) is 13.6 Å². The van der Waals surface area contributed by atoms with E-state index in [1.165, 1.54) is 18.9 Å². The van der Waals surface area contributed by atoms with Gasteiger partial charge in [-0.05, 0) is 25.5 Å². The van der Waals surface area contributed by atoms with Crippen molar-refractivity contribution >= 4 is 21.7 Å². The van der Waals surface area contributed by atoms with E-state index in [0.29, 0.717) is 6.54 Å². The third-order valence-corrected chi connectivity index (χ3v) is 5.83. The number of halogens is 1. The Bertz CT molecular complexity index is 728.